The first-order valence-electron chi connectivity index (χ1n) is 16.1. The highest BCUT2D eigenvalue weighted by Gasteiger charge is 2.51. The number of hydrogen-bond acceptors (Lipinski definition) is 4. The standard InChI is InChI=1S/C42H35BN2O2/c1-41(2)42(3,4)47-43(46-41)38-24-36(30-13-9-28(10-14-30)34-19-17-32-7-5-21-44-39(32)26-34)23-37(25-38)31-15-11-29(12-16-31)35-20-18-33-8-6-22-45-40(33)27-35/h5-27H,1-4H3. The largest absolute Gasteiger partial charge is 0.494 e. The zero-order valence-electron chi connectivity index (χ0n) is 27.1. The molecule has 0 spiro atoms. The third-order valence-corrected chi connectivity index (χ3v) is 9.80. The van der Waals surface area contributed by atoms with Crippen LogP contribution < -0.4 is 5.46 Å². The molecule has 3 heterocycles. The highest BCUT2D eigenvalue weighted by atomic mass is 16.7. The van der Waals surface area contributed by atoms with Crippen molar-refractivity contribution in [3.8, 4) is 44.5 Å². The summed E-state index contributed by atoms with van der Waals surface area (Å²) < 4.78 is 13.0. The van der Waals surface area contributed by atoms with Gasteiger partial charge in [-0.15, -0.1) is 0 Å². The second-order valence-electron chi connectivity index (χ2n) is 13.4. The van der Waals surface area contributed by atoms with Crippen LogP contribution in [0.15, 0.2) is 140 Å². The maximum atomic E-state index is 6.52. The molecule has 0 atom stereocenters. The van der Waals surface area contributed by atoms with Gasteiger partial charge < -0.3 is 9.31 Å². The third-order valence-electron chi connectivity index (χ3n) is 9.80. The maximum absolute atomic E-state index is 6.52. The number of fused-ring (bicyclic) bond motifs is 2. The van der Waals surface area contributed by atoms with Crippen molar-refractivity contribution >= 4 is 34.4 Å². The van der Waals surface area contributed by atoms with Crippen molar-refractivity contribution in [1.29, 1.82) is 0 Å². The summed E-state index contributed by atoms with van der Waals surface area (Å²) >= 11 is 0. The monoisotopic (exact) mass is 610 g/mol. The van der Waals surface area contributed by atoms with Gasteiger partial charge in [-0.1, -0.05) is 97.1 Å². The van der Waals surface area contributed by atoms with Crippen molar-refractivity contribution in [2.24, 2.45) is 0 Å². The second-order valence-corrected chi connectivity index (χ2v) is 13.4. The highest BCUT2D eigenvalue weighted by molar-refractivity contribution is 6.62. The lowest BCUT2D eigenvalue weighted by molar-refractivity contribution is 0.00578. The summed E-state index contributed by atoms with van der Waals surface area (Å²) in [4.78, 5) is 9.09. The summed E-state index contributed by atoms with van der Waals surface area (Å²) in [6.07, 6.45) is 3.68. The van der Waals surface area contributed by atoms with Crippen LogP contribution in [0.2, 0.25) is 0 Å². The van der Waals surface area contributed by atoms with E-state index in [-0.39, 0.29) is 0 Å². The van der Waals surface area contributed by atoms with E-state index in [0.29, 0.717) is 0 Å². The molecule has 1 saturated heterocycles. The lowest BCUT2D eigenvalue weighted by atomic mass is 9.76. The average molecular weight is 611 g/mol. The van der Waals surface area contributed by atoms with Gasteiger partial charge in [0.15, 0.2) is 0 Å². The smallest absolute Gasteiger partial charge is 0.399 e. The van der Waals surface area contributed by atoms with Gasteiger partial charge in [0.05, 0.1) is 22.2 Å². The molecule has 5 heteroatoms. The quantitative estimate of drug-likeness (QED) is 0.182. The van der Waals surface area contributed by atoms with E-state index in [0.717, 1.165) is 71.8 Å². The highest BCUT2D eigenvalue weighted by Crippen LogP contribution is 2.38. The number of hydrogen-bond donors (Lipinski definition) is 0. The van der Waals surface area contributed by atoms with Crippen LogP contribution in [0.5, 0.6) is 0 Å². The number of rotatable bonds is 5. The van der Waals surface area contributed by atoms with Crippen LogP contribution in [0.1, 0.15) is 27.7 Å². The van der Waals surface area contributed by atoms with Crippen LogP contribution in [0.25, 0.3) is 66.3 Å². The SMILES string of the molecule is CC1(C)OB(c2cc(-c3ccc(-c4ccc5cccnc5c4)cc3)cc(-c3ccc(-c4ccc5cccnc5c4)cc3)c2)OC1(C)C. The average Bonchev–Trinajstić information content (AvgIpc) is 3.33. The topological polar surface area (TPSA) is 44.2 Å². The van der Waals surface area contributed by atoms with Crippen molar-refractivity contribution in [3.05, 3.63) is 140 Å². The molecule has 1 aliphatic rings. The van der Waals surface area contributed by atoms with Gasteiger partial charge in [0.25, 0.3) is 0 Å². The van der Waals surface area contributed by atoms with E-state index in [4.69, 9.17) is 9.31 Å². The lowest BCUT2D eigenvalue weighted by Crippen LogP contribution is -2.41. The van der Waals surface area contributed by atoms with Gasteiger partial charge in [-0.3, -0.25) is 9.97 Å². The molecule has 0 radical (unpaired) electrons. The Morgan fingerprint density at radius 2 is 0.809 bits per heavy atom. The Hall–Kier alpha value is -5.10. The first-order valence-corrected chi connectivity index (χ1v) is 16.1. The summed E-state index contributed by atoms with van der Waals surface area (Å²) in [7, 11) is -0.465. The third kappa shape index (κ3) is 5.52. The minimum atomic E-state index is -0.465. The van der Waals surface area contributed by atoms with Gasteiger partial charge in [0.2, 0.25) is 0 Å². The molecule has 4 nitrogen and oxygen atoms in total. The minimum Gasteiger partial charge on any atom is -0.399 e. The molecule has 8 rings (SSSR count). The number of pyridine rings is 2. The van der Waals surface area contributed by atoms with E-state index in [1.807, 2.05) is 24.5 Å². The van der Waals surface area contributed by atoms with Crippen LogP contribution in [0, 0.1) is 0 Å². The predicted octanol–water partition coefficient (Wildman–Crippen LogP) is 9.75. The van der Waals surface area contributed by atoms with Crippen LogP contribution in [-0.2, 0) is 9.31 Å². The van der Waals surface area contributed by atoms with E-state index in [1.165, 1.54) is 0 Å². The fraction of sp³-hybridized carbons (Fsp3) is 0.143. The Balaban J connectivity index is 1.16. The summed E-state index contributed by atoms with van der Waals surface area (Å²) in [5.41, 5.74) is 11.2. The van der Waals surface area contributed by atoms with Crippen molar-refractivity contribution < 1.29 is 9.31 Å². The van der Waals surface area contributed by atoms with Crippen LogP contribution in [0.4, 0.5) is 0 Å². The zero-order chi connectivity index (χ0) is 32.2. The molecule has 47 heavy (non-hydrogen) atoms. The lowest BCUT2D eigenvalue weighted by Gasteiger charge is -2.32. The molecule has 1 aliphatic heterocycles. The number of nitrogens with zero attached hydrogens (tertiary/aromatic N) is 2. The minimum absolute atomic E-state index is 0.430. The summed E-state index contributed by atoms with van der Waals surface area (Å²) in [6.45, 7) is 8.39. The summed E-state index contributed by atoms with van der Waals surface area (Å²) in [5.74, 6) is 0. The molecule has 228 valence electrons. The van der Waals surface area contributed by atoms with E-state index < -0.39 is 18.3 Å². The fourth-order valence-corrected chi connectivity index (χ4v) is 6.30. The molecule has 2 aromatic heterocycles. The fourth-order valence-electron chi connectivity index (χ4n) is 6.30. The number of benzene rings is 5. The molecule has 0 N–H and O–H groups in total. The summed E-state index contributed by atoms with van der Waals surface area (Å²) in [6, 6.07) is 45.2. The number of aromatic nitrogens is 2. The molecule has 0 bridgehead atoms. The second kappa shape index (κ2) is 11.3. The molecule has 0 saturated carbocycles. The Kier molecular flexibility index (Phi) is 7.05. The Labute approximate surface area is 276 Å². The predicted molar refractivity (Wildman–Crippen MR) is 195 cm³/mol. The van der Waals surface area contributed by atoms with E-state index in [1.54, 1.807) is 0 Å². The molecule has 0 aliphatic carbocycles. The van der Waals surface area contributed by atoms with Gasteiger partial charge >= 0.3 is 7.12 Å². The Bertz CT molecular complexity index is 2100. The van der Waals surface area contributed by atoms with Gasteiger partial charge in [-0.25, -0.2) is 0 Å². The van der Waals surface area contributed by atoms with E-state index in [9.17, 15) is 0 Å². The molecule has 0 amide bonds. The van der Waals surface area contributed by atoms with Gasteiger partial charge in [-0.05, 0) is 108 Å². The maximum Gasteiger partial charge on any atom is 0.494 e. The molecular formula is C42H35BN2O2. The normalized spacial score (nSPS) is 15.4. The Morgan fingerprint density at radius 3 is 1.23 bits per heavy atom. The van der Waals surface area contributed by atoms with Crippen LogP contribution in [0.3, 0.4) is 0 Å². The van der Waals surface area contributed by atoms with E-state index in [2.05, 4.69) is 153 Å². The van der Waals surface area contributed by atoms with Crippen molar-refractivity contribution in [3.63, 3.8) is 0 Å². The zero-order valence-corrected chi connectivity index (χ0v) is 27.1. The molecule has 0 unspecified atom stereocenters. The molecule has 1 fully saturated rings. The molecule has 7 aromatic rings. The molecular weight excluding hydrogens is 575 g/mol. The van der Waals surface area contributed by atoms with Crippen molar-refractivity contribution in [2.45, 2.75) is 38.9 Å². The van der Waals surface area contributed by atoms with Crippen LogP contribution >= 0.6 is 0 Å². The Morgan fingerprint density at radius 1 is 0.426 bits per heavy atom. The van der Waals surface area contributed by atoms with Gasteiger partial charge in [0.1, 0.15) is 0 Å². The molecule has 5 aromatic carbocycles. The first-order chi connectivity index (χ1) is 22.7. The van der Waals surface area contributed by atoms with Crippen LogP contribution in [-0.4, -0.2) is 28.3 Å². The van der Waals surface area contributed by atoms with Crippen molar-refractivity contribution in [1.82, 2.24) is 9.97 Å². The van der Waals surface area contributed by atoms with Crippen molar-refractivity contribution in [2.75, 3.05) is 0 Å². The van der Waals surface area contributed by atoms with E-state index >= 15 is 0 Å². The van der Waals surface area contributed by atoms with Gasteiger partial charge in [-0.2, -0.15) is 0 Å². The van der Waals surface area contributed by atoms with Gasteiger partial charge in [0, 0.05) is 23.2 Å². The summed E-state index contributed by atoms with van der Waals surface area (Å²) in [5, 5.41) is 2.28. The first kappa shape index (κ1) is 29.3.